The zero-order valence-electron chi connectivity index (χ0n) is 12.5. The molecule has 2 heteroatoms. The highest BCUT2D eigenvalue weighted by Crippen LogP contribution is 2.38. The summed E-state index contributed by atoms with van der Waals surface area (Å²) in [4.78, 5) is 1.38. The molecule has 0 aliphatic heterocycles. The third kappa shape index (κ3) is 4.85. The van der Waals surface area contributed by atoms with Crippen LogP contribution in [0.2, 0.25) is 0 Å². The van der Waals surface area contributed by atoms with Crippen LogP contribution in [0.4, 0.5) is 0 Å². The normalized spacial score (nSPS) is 26.3. The molecule has 1 saturated carbocycles. The Morgan fingerprint density at radius 3 is 2.68 bits per heavy atom. The Labute approximate surface area is 122 Å². The van der Waals surface area contributed by atoms with Gasteiger partial charge in [0.1, 0.15) is 0 Å². The predicted molar refractivity (Wildman–Crippen MR) is 85.8 cm³/mol. The van der Waals surface area contributed by atoms with Gasteiger partial charge in [0.05, 0.1) is 0 Å². The fraction of sp³-hybridized carbons (Fsp3) is 0.647. The lowest BCUT2D eigenvalue weighted by atomic mass is 9.70. The zero-order chi connectivity index (χ0) is 13.7. The van der Waals surface area contributed by atoms with Gasteiger partial charge in [-0.1, -0.05) is 39.0 Å². The number of thioether (sulfide) groups is 1. The van der Waals surface area contributed by atoms with E-state index in [1.165, 1.54) is 24.2 Å². The molecule has 2 rings (SSSR count). The first-order chi connectivity index (χ1) is 9.07. The van der Waals surface area contributed by atoms with Gasteiger partial charge in [-0.2, -0.15) is 0 Å². The first-order valence-electron chi connectivity index (χ1n) is 7.48. The third-order valence-electron chi connectivity index (χ3n) is 4.21. The van der Waals surface area contributed by atoms with E-state index in [4.69, 9.17) is 0 Å². The zero-order valence-corrected chi connectivity index (χ0v) is 13.3. The van der Waals surface area contributed by atoms with Gasteiger partial charge in [0, 0.05) is 23.2 Å². The highest BCUT2D eigenvalue weighted by Gasteiger charge is 2.31. The van der Waals surface area contributed by atoms with Crippen LogP contribution in [0.1, 0.15) is 40.0 Å². The molecular formula is C17H27NS. The smallest absolute Gasteiger partial charge is 0.0106 e. The Hall–Kier alpha value is -0.470. The van der Waals surface area contributed by atoms with Gasteiger partial charge < -0.3 is 5.32 Å². The first-order valence-corrected chi connectivity index (χ1v) is 8.47. The molecule has 1 aromatic carbocycles. The molecule has 1 aromatic rings. The van der Waals surface area contributed by atoms with Crippen molar-refractivity contribution in [2.24, 2.45) is 11.3 Å². The summed E-state index contributed by atoms with van der Waals surface area (Å²) in [6.45, 7) is 8.34. The molecule has 1 aliphatic rings. The van der Waals surface area contributed by atoms with Gasteiger partial charge in [-0.25, -0.2) is 0 Å². The maximum Gasteiger partial charge on any atom is 0.0106 e. The minimum Gasteiger partial charge on any atom is -0.313 e. The Kier molecular flexibility index (Phi) is 5.35. The molecule has 0 spiro atoms. The van der Waals surface area contributed by atoms with Crippen molar-refractivity contribution in [3.63, 3.8) is 0 Å². The predicted octanol–water partition coefficient (Wildman–Crippen LogP) is 4.58. The van der Waals surface area contributed by atoms with Crippen LogP contribution in [-0.2, 0) is 0 Å². The van der Waals surface area contributed by atoms with Crippen molar-refractivity contribution in [1.82, 2.24) is 5.32 Å². The molecule has 0 heterocycles. The van der Waals surface area contributed by atoms with Crippen molar-refractivity contribution in [3.8, 4) is 0 Å². The quantitative estimate of drug-likeness (QED) is 0.624. The molecule has 1 aliphatic carbocycles. The molecule has 0 radical (unpaired) electrons. The van der Waals surface area contributed by atoms with Gasteiger partial charge in [0.15, 0.2) is 0 Å². The summed E-state index contributed by atoms with van der Waals surface area (Å²) in [7, 11) is 0. The third-order valence-corrected chi connectivity index (χ3v) is 5.23. The van der Waals surface area contributed by atoms with Crippen molar-refractivity contribution < 1.29 is 0 Å². The van der Waals surface area contributed by atoms with E-state index < -0.39 is 0 Å². The van der Waals surface area contributed by atoms with Crippen molar-refractivity contribution >= 4 is 11.8 Å². The Bertz CT molecular complexity index is 374. The van der Waals surface area contributed by atoms with E-state index in [2.05, 4.69) is 56.4 Å². The summed E-state index contributed by atoms with van der Waals surface area (Å²) in [5, 5.41) is 3.76. The van der Waals surface area contributed by atoms with Gasteiger partial charge in [0.25, 0.3) is 0 Å². The van der Waals surface area contributed by atoms with E-state index in [-0.39, 0.29) is 0 Å². The van der Waals surface area contributed by atoms with Crippen LogP contribution in [-0.4, -0.2) is 18.3 Å². The number of nitrogens with one attached hydrogen (secondary N) is 1. The summed E-state index contributed by atoms with van der Waals surface area (Å²) >= 11 is 1.95. The maximum absolute atomic E-state index is 3.76. The van der Waals surface area contributed by atoms with E-state index in [1.54, 1.807) is 0 Å². The Morgan fingerprint density at radius 2 is 2.00 bits per heavy atom. The lowest BCUT2D eigenvalue weighted by Crippen LogP contribution is -2.42. The molecule has 1 fully saturated rings. The monoisotopic (exact) mass is 277 g/mol. The molecule has 2 atom stereocenters. The Balaban J connectivity index is 1.66. The minimum atomic E-state index is 0.552. The fourth-order valence-electron chi connectivity index (χ4n) is 3.18. The van der Waals surface area contributed by atoms with Crippen LogP contribution in [0.25, 0.3) is 0 Å². The number of hydrogen-bond donors (Lipinski definition) is 1. The lowest BCUT2D eigenvalue weighted by molar-refractivity contribution is 0.150. The summed E-state index contributed by atoms with van der Waals surface area (Å²) in [6, 6.07) is 11.4. The average molecular weight is 277 g/mol. The second-order valence-electron chi connectivity index (χ2n) is 6.61. The molecular weight excluding hydrogens is 250 g/mol. The van der Waals surface area contributed by atoms with Crippen LogP contribution >= 0.6 is 11.8 Å². The van der Waals surface area contributed by atoms with Crippen LogP contribution in [0, 0.1) is 11.3 Å². The summed E-state index contributed by atoms with van der Waals surface area (Å²) < 4.78 is 0. The average Bonchev–Trinajstić information content (AvgIpc) is 2.37. The van der Waals surface area contributed by atoms with E-state index in [0.29, 0.717) is 5.41 Å². The summed E-state index contributed by atoms with van der Waals surface area (Å²) in [5.74, 6) is 1.97. The molecule has 1 N–H and O–H groups in total. The Morgan fingerprint density at radius 1 is 1.26 bits per heavy atom. The second-order valence-corrected chi connectivity index (χ2v) is 7.77. The van der Waals surface area contributed by atoms with Crippen molar-refractivity contribution in [3.05, 3.63) is 30.3 Å². The van der Waals surface area contributed by atoms with Gasteiger partial charge in [-0.3, -0.25) is 0 Å². The first kappa shape index (κ1) is 14.9. The van der Waals surface area contributed by atoms with Gasteiger partial charge >= 0.3 is 0 Å². The topological polar surface area (TPSA) is 12.0 Å². The van der Waals surface area contributed by atoms with Crippen LogP contribution in [0.15, 0.2) is 35.2 Å². The van der Waals surface area contributed by atoms with Gasteiger partial charge in [0.2, 0.25) is 0 Å². The van der Waals surface area contributed by atoms with E-state index in [0.717, 1.165) is 24.3 Å². The minimum absolute atomic E-state index is 0.552. The number of rotatable bonds is 5. The highest BCUT2D eigenvalue weighted by atomic mass is 32.2. The van der Waals surface area contributed by atoms with Crippen molar-refractivity contribution in [2.75, 3.05) is 12.3 Å². The fourth-order valence-corrected chi connectivity index (χ4v) is 3.99. The van der Waals surface area contributed by atoms with Gasteiger partial charge in [-0.05, 0) is 42.7 Å². The summed E-state index contributed by atoms with van der Waals surface area (Å²) in [6.07, 6.45) is 4.06. The van der Waals surface area contributed by atoms with E-state index in [1.807, 2.05) is 11.8 Å². The molecule has 106 valence electrons. The molecule has 0 saturated heterocycles. The summed E-state index contributed by atoms with van der Waals surface area (Å²) in [5.41, 5.74) is 0.552. The van der Waals surface area contributed by atoms with Crippen LogP contribution in [0.5, 0.6) is 0 Å². The standard InChI is InChI=1S/C17H27NS/c1-14-13-17(2,3)10-9-16(14)18-11-12-19-15-7-5-4-6-8-15/h4-8,14,16,18H,9-13H2,1-3H3. The molecule has 0 amide bonds. The van der Waals surface area contributed by atoms with Crippen molar-refractivity contribution in [2.45, 2.75) is 51.0 Å². The van der Waals surface area contributed by atoms with E-state index in [9.17, 15) is 0 Å². The molecule has 2 unspecified atom stereocenters. The second kappa shape index (κ2) is 6.81. The van der Waals surface area contributed by atoms with E-state index >= 15 is 0 Å². The molecule has 1 nitrogen and oxygen atoms in total. The highest BCUT2D eigenvalue weighted by molar-refractivity contribution is 7.99. The largest absolute Gasteiger partial charge is 0.313 e. The lowest BCUT2D eigenvalue weighted by Gasteiger charge is -2.39. The number of benzene rings is 1. The SMILES string of the molecule is CC1CC(C)(C)CCC1NCCSc1ccccc1. The molecule has 0 bridgehead atoms. The molecule has 0 aromatic heterocycles. The van der Waals surface area contributed by atoms with Crippen molar-refractivity contribution in [1.29, 1.82) is 0 Å². The maximum atomic E-state index is 3.76. The van der Waals surface area contributed by atoms with Crippen LogP contribution < -0.4 is 5.32 Å². The number of hydrogen-bond acceptors (Lipinski definition) is 2. The van der Waals surface area contributed by atoms with Crippen LogP contribution in [0.3, 0.4) is 0 Å². The van der Waals surface area contributed by atoms with Gasteiger partial charge in [-0.15, -0.1) is 11.8 Å². The molecule has 19 heavy (non-hydrogen) atoms.